The molecular formula is C12H9ClS. The van der Waals surface area contributed by atoms with E-state index in [-0.39, 0.29) is 0 Å². The van der Waals surface area contributed by atoms with Crippen molar-refractivity contribution in [3.8, 4) is 0 Å². The van der Waals surface area contributed by atoms with E-state index in [4.69, 9.17) is 11.6 Å². The molecule has 0 atom stereocenters. The van der Waals surface area contributed by atoms with Crippen LogP contribution in [0.2, 0.25) is 5.02 Å². The van der Waals surface area contributed by atoms with Crippen LogP contribution in [0.15, 0.2) is 41.8 Å². The molecule has 0 fully saturated rings. The van der Waals surface area contributed by atoms with Crippen molar-refractivity contribution in [3.63, 3.8) is 0 Å². The minimum Gasteiger partial charge on any atom is -0.144 e. The summed E-state index contributed by atoms with van der Waals surface area (Å²) in [6.07, 6.45) is 4.19. The first-order chi connectivity index (χ1) is 6.84. The van der Waals surface area contributed by atoms with Gasteiger partial charge in [0.05, 0.1) is 0 Å². The van der Waals surface area contributed by atoms with Crippen molar-refractivity contribution in [2.24, 2.45) is 0 Å². The Labute approximate surface area is 92.5 Å². The van der Waals surface area contributed by atoms with Crippen molar-refractivity contribution in [2.75, 3.05) is 0 Å². The second-order valence-corrected chi connectivity index (χ2v) is 4.32. The van der Waals surface area contributed by atoms with Crippen LogP contribution in [-0.2, 0) is 0 Å². The molecule has 0 amide bonds. The lowest BCUT2D eigenvalue weighted by Gasteiger charge is -1.92. The first-order valence-corrected chi connectivity index (χ1v) is 5.57. The van der Waals surface area contributed by atoms with Crippen molar-refractivity contribution in [1.82, 2.24) is 0 Å². The quantitative estimate of drug-likeness (QED) is 0.696. The van der Waals surface area contributed by atoms with Gasteiger partial charge in [-0.15, -0.1) is 11.3 Å². The molecule has 0 saturated heterocycles. The Balaban J connectivity index is 2.15. The van der Waals surface area contributed by atoms with Crippen molar-refractivity contribution >= 4 is 35.1 Å². The maximum absolute atomic E-state index is 5.79. The predicted octanol–water partition coefficient (Wildman–Crippen LogP) is 4.57. The molecule has 2 rings (SSSR count). The van der Waals surface area contributed by atoms with Gasteiger partial charge in [-0.05, 0) is 35.2 Å². The zero-order valence-electron chi connectivity index (χ0n) is 7.48. The van der Waals surface area contributed by atoms with E-state index < -0.39 is 0 Å². The summed E-state index contributed by atoms with van der Waals surface area (Å²) in [5, 5.41) is 2.85. The van der Waals surface area contributed by atoms with Crippen LogP contribution in [0.1, 0.15) is 10.4 Å². The van der Waals surface area contributed by atoms with Gasteiger partial charge in [0.2, 0.25) is 0 Å². The minimum absolute atomic E-state index is 0.776. The molecule has 1 heterocycles. The van der Waals surface area contributed by atoms with E-state index in [1.54, 1.807) is 11.3 Å². The molecule has 0 saturated carbocycles. The Morgan fingerprint density at radius 3 is 2.43 bits per heavy atom. The normalized spacial score (nSPS) is 10.9. The molecule has 2 aromatic rings. The molecule has 0 aliphatic carbocycles. The second kappa shape index (κ2) is 4.45. The number of benzene rings is 1. The van der Waals surface area contributed by atoms with Crippen molar-refractivity contribution < 1.29 is 0 Å². The van der Waals surface area contributed by atoms with Gasteiger partial charge in [0.15, 0.2) is 0 Å². The highest BCUT2D eigenvalue weighted by atomic mass is 35.5. The van der Waals surface area contributed by atoms with Crippen LogP contribution in [-0.4, -0.2) is 0 Å². The molecule has 2 heteroatoms. The number of rotatable bonds is 2. The van der Waals surface area contributed by atoms with E-state index in [0.717, 1.165) is 5.02 Å². The Bertz CT molecular complexity index is 412. The van der Waals surface area contributed by atoms with E-state index in [1.807, 2.05) is 30.3 Å². The average Bonchev–Trinajstić information content (AvgIpc) is 2.70. The fourth-order valence-corrected chi connectivity index (χ4v) is 1.88. The third kappa shape index (κ3) is 2.47. The third-order valence-corrected chi connectivity index (χ3v) is 2.94. The van der Waals surface area contributed by atoms with E-state index >= 15 is 0 Å². The topological polar surface area (TPSA) is 0 Å². The molecular weight excluding hydrogens is 212 g/mol. The Hall–Kier alpha value is -1.05. The van der Waals surface area contributed by atoms with Gasteiger partial charge in [0, 0.05) is 9.90 Å². The summed E-state index contributed by atoms with van der Waals surface area (Å²) < 4.78 is 0. The van der Waals surface area contributed by atoms with E-state index in [2.05, 4.69) is 23.6 Å². The highest BCUT2D eigenvalue weighted by Crippen LogP contribution is 2.15. The van der Waals surface area contributed by atoms with Crippen LogP contribution in [0.5, 0.6) is 0 Å². The summed E-state index contributed by atoms with van der Waals surface area (Å²) in [4.78, 5) is 1.26. The summed E-state index contributed by atoms with van der Waals surface area (Å²) >= 11 is 7.52. The van der Waals surface area contributed by atoms with Crippen LogP contribution < -0.4 is 0 Å². The smallest absolute Gasteiger partial charge is 0.0406 e. The molecule has 0 spiro atoms. The first-order valence-electron chi connectivity index (χ1n) is 4.32. The second-order valence-electron chi connectivity index (χ2n) is 2.90. The standard InChI is InChI=1S/C12H9ClS/c13-11-6-3-10(4-7-11)5-8-12-2-1-9-14-12/h1-9H. The summed E-state index contributed by atoms with van der Waals surface area (Å²) in [6, 6.07) is 12.0. The highest BCUT2D eigenvalue weighted by Gasteiger charge is 1.88. The average molecular weight is 221 g/mol. The lowest BCUT2D eigenvalue weighted by atomic mass is 10.2. The Kier molecular flexibility index (Phi) is 3.02. The molecule has 0 unspecified atom stereocenters. The third-order valence-electron chi connectivity index (χ3n) is 1.85. The minimum atomic E-state index is 0.776. The maximum atomic E-state index is 5.79. The van der Waals surface area contributed by atoms with Gasteiger partial charge in [-0.1, -0.05) is 35.9 Å². The number of halogens is 1. The zero-order valence-corrected chi connectivity index (χ0v) is 9.05. The van der Waals surface area contributed by atoms with Crippen LogP contribution in [0, 0.1) is 0 Å². The highest BCUT2D eigenvalue weighted by molar-refractivity contribution is 7.10. The van der Waals surface area contributed by atoms with E-state index in [9.17, 15) is 0 Å². The first kappa shape index (κ1) is 9.50. The SMILES string of the molecule is Clc1ccc(C=Cc2cccs2)cc1. The fraction of sp³-hybridized carbons (Fsp3) is 0. The summed E-state index contributed by atoms with van der Waals surface area (Å²) in [6.45, 7) is 0. The van der Waals surface area contributed by atoms with Crippen molar-refractivity contribution in [2.45, 2.75) is 0 Å². The largest absolute Gasteiger partial charge is 0.144 e. The van der Waals surface area contributed by atoms with Gasteiger partial charge in [-0.2, -0.15) is 0 Å². The number of thiophene rings is 1. The monoisotopic (exact) mass is 220 g/mol. The van der Waals surface area contributed by atoms with Gasteiger partial charge in [0.25, 0.3) is 0 Å². The van der Waals surface area contributed by atoms with Gasteiger partial charge < -0.3 is 0 Å². The van der Waals surface area contributed by atoms with Gasteiger partial charge >= 0.3 is 0 Å². The molecule has 0 nitrogen and oxygen atoms in total. The zero-order chi connectivity index (χ0) is 9.80. The molecule has 0 radical (unpaired) electrons. The van der Waals surface area contributed by atoms with E-state index in [0.29, 0.717) is 0 Å². The molecule has 0 bridgehead atoms. The van der Waals surface area contributed by atoms with Crippen LogP contribution in [0.4, 0.5) is 0 Å². The molecule has 0 N–H and O–H groups in total. The molecule has 1 aromatic heterocycles. The van der Waals surface area contributed by atoms with Crippen LogP contribution in [0.3, 0.4) is 0 Å². The summed E-state index contributed by atoms with van der Waals surface area (Å²) in [5.74, 6) is 0. The molecule has 0 aliphatic heterocycles. The Morgan fingerprint density at radius 1 is 1.00 bits per heavy atom. The van der Waals surface area contributed by atoms with Crippen molar-refractivity contribution in [1.29, 1.82) is 0 Å². The van der Waals surface area contributed by atoms with Gasteiger partial charge in [-0.25, -0.2) is 0 Å². The predicted molar refractivity (Wildman–Crippen MR) is 64.7 cm³/mol. The summed E-state index contributed by atoms with van der Waals surface area (Å²) in [7, 11) is 0. The van der Waals surface area contributed by atoms with Crippen LogP contribution in [0.25, 0.3) is 12.2 Å². The van der Waals surface area contributed by atoms with Gasteiger partial charge in [-0.3, -0.25) is 0 Å². The lowest BCUT2D eigenvalue weighted by Crippen LogP contribution is -1.69. The van der Waals surface area contributed by atoms with E-state index in [1.165, 1.54) is 10.4 Å². The number of hydrogen-bond donors (Lipinski definition) is 0. The maximum Gasteiger partial charge on any atom is 0.0406 e. The molecule has 70 valence electrons. The Morgan fingerprint density at radius 2 is 1.79 bits per heavy atom. The van der Waals surface area contributed by atoms with Gasteiger partial charge in [0.1, 0.15) is 0 Å². The fourth-order valence-electron chi connectivity index (χ4n) is 1.14. The molecule has 14 heavy (non-hydrogen) atoms. The van der Waals surface area contributed by atoms with Crippen molar-refractivity contribution in [3.05, 3.63) is 57.2 Å². The van der Waals surface area contributed by atoms with Crippen LogP contribution >= 0.6 is 22.9 Å². The summed E-state index contributed by atoms with van der Waals surface area (Å²) in [5.41, 5.74) is 1.17. The molecule has 0 aliphatic rings. The molecule has 1 aromatic carbocycles. The number of hydrogen-bond acceptors (Lipinski definition) is 1. The lowest BCUT2D eigenvalue weighted by molar-refractivity contribution is 1.66.